The lowest BCUT2D eigenvalue weighted by molar-refractivity contribution is -0.384. The summed E-state index contributed by atoms with van der Waals surface area (Å²) in [7, 11) is 0. The average molecular weight is 532 g/mol. The van der Waals surface area contributed by atoms with Crippen LogP contribution >= 0.6 is 11.3 Å². The zero-order chi connectivity index (χ0) is 27.5. The minimum Gasteiger partial charge on any atom is -0.505 e. The van der Waals surface area contributed by atoms with E-state index in [-0.39, 0.29) is 33.4 Å². The number of nitrogens with zero attached hydrogens (tertiary/aromatic N) is 5. The Hall–Kier alpha value is -4.71. The number of aliphatic hydroxyl groups excluding tert-OH is 1. The molecule has 1 N–H and O–H groups in total. The molecule has 0 radical (unpaired) electrons. The Morgan fingerprint density at radius 3 is 2.50 bits per heavy atom. The van der Waals surface area contributed by atoms with Gasteiger partial charge in [0.05, 0.1) is 32.8 Å². The zero-order valence-corrected chi connectivity index (χ0v) is 21.6. The van der Waals surface area contributed by atoms with Crippen LogP contribution in [0.1, 0.15) is 50.8 Å². The highest BCUT2D eigenvalue weighted by Gasteiger charge is 2.49. The molecular weight excluding hydrogens is 510 g/mol. The van der Waals surface area contributed by atoms with Crippen molar-refractivity contribution in [2.75, 3.05) is 4.90 Å². The van der Waals surface area contributed by atoms with E-state index in [1.54, 1.807) is 24.4 Å². The van der Waals surface area contributed by atoms with E-state index < -0.39 is 28.4 Å². The van der Waals surface area contributed by atoms with Crippen LogP contribution in [0.15, 0.2) is 48.2 Å². The minimum absolute atomic E-state index is 0.0629. The smallest absolute Gasteiger partial charge is 0.301 e. The molecule has 1 aliphatic heterocycles. The highest BCUT2D eigenvalue weighted by molar-refractivity contribution is 7.18. The fourth-order valence-corrected chi connectivity index (χ4v) is 5.63. The van der Waals surface area contributed by atoms with E-state index in [0.717, 1.165) is 21.8 Å². The lowest BCUT2D eigenvalue weighted by Gasteiger charge is -2.22. The number of aromatic nitrogens is 3. The van der Waals surface area contributed by atoms with Crippen molar-refractivity contribution in [3.63, 3.8) is 0 Å². The molecule has 38 heavy (non-hydrogen) atoms. The number of aryl methyl sites for hydroxylation is 3. The van der Waals surface area contributed by atoms with Crippen LogP contribution in [0.5, 0.6) is 0 Å². The number of Topliss-reactive ketones (excluding diaryl/α,β-unsaturated/α-hetero) is 2. The van der Waals surface area contributed by atoms with Crippen molar-refractivity contribution in [3.8, 4) is 0 Å². The van der Waals surface area contributed by atoms with Crippen LogP contribution in [0.2, 0.25) is 0 Å². The third-order valence-corrected chi connectivity index (χ3v) is 7.72. The van der Waals surface area contributed by atoms with E-state index >= 15 is 0 Å². The van der Waals surface area contributed by atoms with E-state index in [9.17, 15) is 29.6 Å². The Kier molecular flexibility index (Phi) is 5.91. The van der Waals surface area contributed by atoms with Gasteiger partial charge in [-0.2, -0.15) is 0 Å². The topological polar surface area (TPSA) is 148 Å². The molecule has 0 saturated carbocycles. The number of aliphatic hydroxyl groups is 1. The number of pyridine rings is 1. The molecule has 3 aromatic heterocycles. The number of nitro benzene ring substituents is 1. The fourth-order valence-electron chi connectivity index (χ4n) is 4.64. The SMILES string of the molecule is CC(=O)c1sc(N2C(=O)C(=O)C(=C(O)c3nc4c(C)cccn4c3C)C2c2cccc([N+](=O)[O-])c2)nc1C. The Labute approximate surface area is 219 Å². The maximum absolute atomic E-state index is 13.5. The number of thiazole rings is 1. The monoisotopic (exact) mass is 531 g/mol. The van der Waals surface area contributed by atoms with E-state index in [2.05, 4.69) is 9.97 Å². The lowest BCUT2D eigenvalue weighted by atomic mass is 9.96. The van der Waals surface area contributed by atoms with Crippen molar-refractivity contribution in [2.45, 2.75) is 33.7 Å². The molecule has 1 aromatic carbocycles. The second-order valence-electron chi connectivity index (χ2n) is 8.92. The molecular formula is C26H21N5O6S. The number of non-ortho nitro benzene ring substituents is 1. The first-order valence-corrected chi connectivity index (χ1v) is 12.3. The summed E-state index contributed by atoms with van der Waals surface area (Å²) < 4.78 is 1.76. The summed E-state index contributed by atoms with van der Waals surface area (Å²) in [5.74, 6) is -2.75. The van der Waals surface area contributed by atoms with Gasteiger partial charge in [-0.25, -0.2) is 9.97 Å². The maximum atomic E-state index is 13.5. The van der Waals surface area contributed by atoms with Crippen LogP contribution in [0.25, 0.3) is 11.4 Å². The van der Waals surface area contributed by atoms with Gasteiger partial charge in [0.2, 0.25) is 0 Å². The number of ketones is 2. The summed E-state index contributed by atoms with van der Waals surface area (Å²) in [5, 5.41) is 23.1. The molecule has 4 aromatic rings. The molecule has 12 heteroatoms. The van der Waals surface area contributed by atoms with Crippen LogP contribution in [-0.2, 0) is 9.59 Å². The van der Waals surface area contributed by atoms with Crippen molar-refractivity contribution in [1.82, 2.24) is 14.4 Å². The number of benzene rings is 1. The predicted molar refractivity (Wildman–Crippen MR) is 139 cm³/mol. The standard InChI is InChI=1S/C26H21N5O6S/c1-12-7-6-10-29-14(3)19(28-24(12)29)21(33)18-20(16-8-5-9-17(11-16)31(36)37)30(25(35)22(18)34)26-27-13(2)23(38-26)15(4)32/h5-11,20,33H,1-4H3. The van der Waals surface area contributed by atoms with Gasteiger partial charge >= 0.3 is 5.91 Å². The molecule has 1 saturated heterocycles. The molecule has 11 nitrogen and oxygen atoms in total. The molecule has 1 unspecified atom stereocenters. The summed E-state index contributed by atoms with van der Waals surface area (Å²) >= 11 is 0.932. The normalized spacial score (nSPS) is 16.9. The van der Waals surface area contributed by atoms with Crippen molar-refractivity contribution in [1.29, 1.82) is 0 Å². The van der Waals surface area contributed by atoms with Gasteiger partial charge in [-0.3, -0.25) is 29.4 Å². The number of rotatable bonds is 5. The van der Waals surface area contributed by atoms with Gasteiger partial charge in [-0.05, 0) is 38.0 Å². The van der Waals surface area contributed by atoms with Crippen LogP contribution in [0.4, 0.5) is 10.8 Å². The summed E-state index contributed by atoms with van der Waals surface area (Å²) in [6.07, 6.45) is 1.76. The lowest BCUT2D eigenvalue weighted by Crippen LogP contribution is -2.29. The Morgan fingerprint density at radius 1 is 1.13 bits per heavy atom. The molecule has 192 valence electrons. The third-order valence-electron chi connectivity index (χ3n) is 6.46. The van der Waals surface area contributed by atoms with Crippen molar-refractivity contribution < 1.29 is 24.4 Å². The number of anilines is 1. The molecule has 5 rings (SSSR count). The molecule has 0 bridgehead atoms. The molecule has 1 amide bonds. The quantitative estimate of drug-likeness (QED) is 0.0991. The first-order chi connectivity index (χ1) is 18.0. The minimum atomic E-state index is -1.24. The first-order valence-electron chi connectivity index (χ1n) is 11.5. The van der Waals surface area contributed by atoms with Gasteiger partial charge in [0.1, 0.15) is 11.3 Å². The Morgan fingerprint density at radius 2 is 1.87 bits per heavy atom. The largest absolute Gasteiger partial charge is 0.505 e. The Balaban J connectivity index is 1.79. The van der Waals surface area contributed by atoms with Gasteiger partial charge in [-0.1, -0.05) is 29.5 Å². The third kappa shape index (κ3) is 3.77. The van der Waals surface area contributed by atoms with Crippen molar-refractivity contribution in [2.24, 2.45) is 0 Å². The number of carbonyl (C=O) groups excluding carboxylic acids is 3. The number of hydrogen-bond donors (Lipinski definition) is 1. The number of imidazole rings is 1. The van der Waals surface area contributed by atoms with E-state index in [4.69, 9.17) is 0 Å². The van der Waals surface area contributed by atoms with Gasteiger partial charge in [-0.15, -0.1) is 0 Å². The summed E-state index contributed by atoms with van der Waals surface area (Å²) in [5.41, 5.74) is 2.10. The molecule has 1 fully saturated rings. The van der Waals surface area contributed by atoms with Gasteiger partial charge in [0.15, 0.2) is 16.7 Å². The first kappa shape index (κ1) is 25.0. The molecule has 1 aliphatic rings. The van der Waals surface area contributed by atoms with Crippen LogP contribution in [-0.4, -0.2) is 41.9 Å². The zero-order valence-electron chi connectivity index (χ0n) is 20.8. The fraction of sp³-hybridized carbons (Fsp3) is 0.192. The summed E-state index contributed by atoms with van der Waals surface area (Å²) in [4.78, 5) is 60.2. The highest BCUT2D eigenvalue weighted by atomic mass is 32.1. The number of amides is 1. The van der Waals surface area contributed by atoms with Crippen LogP contribution < -0.4 is 4.90 Å². The van der Waals surface area contributed by atoms with Gasteiger partial charge in [0.25, 0.3) is 11.5 Å². The van der Waals surface area contributed by atoms with E-state index in [1.807, 2.05) is 19.1 Å². The van der Waals surface area contributed by atoms with E-state index in [0.29, 0.717) is 21.9 Å². The highest BCUT2D eigenvalue weighted by Crippen LogP contribution is 2.44. The van der Waals surface area contributed by atoms with Gasteiger partial charge in [0, 0.05) is 25.3 Å². The van der Waals surface area contributed by atoms with Gasteiger partial charge < -0.3 is 9.51 Å². The Bertz CT molecular complexity index is 1730. The average Bonchev–Trinajstić information content (AvgIpc) is 3.51. The van der Waals surface area contributed by atoms with Crippen molar-refractivity contribution >= 4 is 51.0 Å². The molecule has 0 spiro atoms. The summed E-state index contributed by atoms with van der Waals surface area (Å²) in [6.45, 7) is 6.55. The number of fused-ring (bicyclic) bond motifs is 1. The second kappa shape index (κ2) is 8.99. The predicted octanol–water partition coefficient (Wildman–Crippen LogP) is 4.45. The molecule has 4 heterocycles. The van der Waals surface area contributed by atoms with Crippen molar-refractivity contribution in [3.05, 3.63) is 91.4 Å². The molecule has 1 atom stereocenters. The number of carbonyl (C=O) groups is 3. The summed E-state index contributed by atoms with van der Waals surface area (Å²) in [6, 6.07) is 7.91. The van der Waals surface area contributed by atoms with E-state index in [1.165, 1.54) is 31.2 Å². The number of hydrogen-bond acceptors (Lipinski definition) is 9. The molecule has 0 aliphatic carbocycles. The van der Waals surface area contributed by atoms with Crippen LogP contribution in [0.3, 0.4) is 0 Å². The maximum Gasteiger partial charge on any atom is 0.301 e. The number of nitro groups is 1. The van der Waals surface area contributed by atoms with Crippen LogP contribution in [0, 0.1) is 30.9 Å². The second-order valence-corrected chi connectivity index (χ2v) is 9.90.